The molecule has 0 fully saturated rings. The summed E-state index contributed by atoms with van der Waals surface area (Å²) < 4.78 is 7.01. The first-order chi connectivity index (χ1) is 7.22. The van der Waals surface area contributed by atoms with Gasteiger partial charge in [0.2, 0.25) is 0 Å². The zero-order chi connectivity index (χ0) is 12.4. The number of halogens is 1. The molecule has 0 aliphatic carbocycles. The lowest BCUT2D eigenvalue weighted by Gasteiger charge is -2.30. The fraction of sp³-hybridized carbons (Fsp3) is 0.583. The van der Waals surface area contributed by atoms with Gasteiger partial charge in [0.15, 0.2) is 9.76 Å². The molecule has 16 heavy (non-hydrogen) atoms. The van der Waals surface area contributed by atoms with Gasteiger partial charge in [0.05, 0.1) is 5.60 Å². The Morgan fingerprint density at radius 3 is 2.38 bits per heavy atom. The summed E-state index contributed by atoms with van der Waals surface area (Å²) in [5.74, 6) is 0. The molecule has 0 radical (unpaired) electrons. The van der Waals surface area contributed by atoms with Crippen molar-refractivity contribution in [2.75, 3.05) is 0 Å². The van der Waals surface area contributed by atoms with Gasteiger partial charge in [-0.15, -0.1) is 0 Å². The second kappa shape index (κ2) is 4.98. The summed E-state index contributed by atoms with van der Waals surface area (Å²) in [6.45, 7) is 10.9. The molecule has 0 spiro atoms. The van der Waals surface area contributed by atoms with E-state index in [9.17, 15) is 0 Å². The van der Waals surface area contributed by atoms with E-state index in [1.807, 2.05) is 6.07 Å². The Kier molecular flexibility index (Phi) is 4.32. The first kappa shape index (κ1) is 13.9. The maximum atomic E-state index is 6.13. The zero-order valence-electron chi connectivity index (χ0n) is 10.7. The van der Waals surface area contributed by atoms with Crippen molar-refractivity contribution in [3.05, 3.63) is 28.5 Å². The van der Waals surface area contributed by atoms with Crippen LogP contribution in [-0.4, -0.2) is 14.7 Å². The van der Waals surface area contributed by atoms with Gasteiger partial charge in [-0.05, 0) is 40.9 Å². The Bertz CT molecular complexity index is 360. The molecular formula is C12H20BrNOSi. The smallest absolute Gasteiger partial charge is 0.168 e. The normalized spacial score (nSPS) is 13.6. The Labute approximate surface area is 109 Å². The highest BCUT2D eigenvalue weighted by molar-refractivity contribution is 9.10. The minimum atomic E-state index is -0.563. The lowest BCUT2D eigenvalue weighted by molar-refractivity contribution is 0.108. The molecule has 4 heteroatoms. The summed E-state index contributed by atoms with van der Waals surface area (Å²) in [6.07, 6.45) is 1.78. The summed E-state index contributed by atoms with van der Waals surface area (Å²) in [5, 5.41) is 0.311. The minimum absolute atomic E-state index is 0.257. The third-order valence-corrected chi connectivity index (χ3v) is 4.64. The highest BCUT2D eigenvalue weighted by Crippen LogP contribution is 2.32. The summed E-state index contributed by atoms with van der Waals surface area (Å²) >= 11 is 3.48. The average Bonchev–Trinajstić information content (AvgIpc) is 2.14. The van der Waals surface area contributed by atoms with Gasteiger partial charge >= 0.3 is 0 Å². The van der Waals surface area contributed by atoms with Gasteiger partial charge in [-0.2, -0.15) is 0 Å². The summed E-state index contributed by atoms with van der Waals surface area (Å²) in [6, 6.07) is 4.01. The van der Waals surface area contributed by atoms with Gasteiger partial charge in [0.25, 0.3) is 0 Å². The monoisotopic (exact) mass is 301 g/mol. The topological polar surface area (TPSA) is 22.1 Å². The van der Waals surface area contributed by atoms with Crippen LogP contribution in [0.1, 0.15) is 40.2 Å². The first-order valence-corrected chi connectivity index (χ1v) is 7.55. The molecule has 0 aliphatic rings. The highest BCUT2D eigenvalue weighted by atomic mass is 79.9. The van der Waals surface area contributed by atoms with Crippen LogP contribution < -0.4 is 0 Å². The molecular weight excluding hydrogens is 282 g/mol. The number of hydrogen-bond acceptors (Lipinski definition) is 2. The average molecular weight is 302 g/mol. The standard InChI is InChI=1S/C12H20BrNOSi/c1-11(2,3)16-15-12(4,5)9-7-6-8-14-10(9)13/h6-8H,16H2,1-5H3. The molecule has 0 bridgehead atoms. The maximum Gasteiger partial charge on any atom is 0.168 e. The van der Waals surface area contributed by atoms with Gasteiger partial charge in [-0.25, -0.2) is 4.98 Å². The molecule has 0 amide bonds. The molecule has 0 N–H and O–H groups in total. The number of nitrogens with zero attached hydrogens (tertiary/aromatic N) is 1. The van der Waals surface area contributed by atoms with E-state index in [2.05, 4.69) is 61.6 Å². The molecule has 1 rings (SSSR count). The zero-order valence-corrected chi connectivity index (χ0v) is 13.7. The number of rotatable bonds is 3. The van der Waals surface area contributed by atoms with Crippen molar-refractivity contribution < 1.29 is 4.43 Å². The van der Waals surface area contributed by atoms with Gasteiger partial charge in [-0.3, -0.25) is 0 Å². The third kappa shape index (κ3) is 4.00. The summed E-state index contributed by atoms with van der Waals surface area (Å²) in [7, 11) is -0.563. The number of pyridine rings is 1. The Morgan fingerprint density at radius 1 is 1.25 bits per heavy atom. The van der Waals surface area contributed by atoms with Crippen molar-refractivity contribution >= 4 is 25.7 Å². The van der Waals surface area contributed by atoms with Crippen molar-refractivity contribution in [1.82, 2.24) is 4.98 Å². The van der Waals surface area contributed by atoms with Crippen molar-refractivity contribution in [1.29, 1.82) is 0 Å². The predicted molar refractivity (Wildman–Crippen MR) is 74.3 cm³/mol. The summed E-state index contributed by atoms with van der Waals surface area (Å²) in [5.41, 5.74) is 0.860. The van der Waals surface area contributed by atoms with Crippen molar-refractivity contribution in [2.45, 2.75) is 45.3 Å². The number of aromatic nitrogens is 1. The molecule has 1 aromatic rings. The predicted octanol–water partition coefficient (Wildman–Crippen LogP) is 3.40. The molecule has 0 saturated carbocycles. The van der Waals surface area contributed by atoms with Crippen LogP contribution in [0, 0.1) is 0 Å². The van der Waals surface area contributed by atoms with Gasteiger partial charge in [0.1, 0.15) is 4.60 Å². The largest absolute Gasteiger partial charge is 0.414 e. The van der Waals surface area contributed by atoms with Crippen molar-refractivity contribution in [2.24, 2.45) is 0 Å². The van der Waals surface area contributed by atoms with Crippen LogP contribution in [0.5, 0.6) is 0 Å². The second-order valence-corrected chi connectivity index (χ2v) is 9.15. The molecule has 0 aliphatic heterocycles. The van der Waals surface area contributed by atoms with E-state index in [1.54, 1.807) is 6.20 Å². The maximum absolute atomic E-state index is 6.13. The lowest BCUT2D eigenvalue weighted by Crippen LogP contribution is -2.28. The van der Waals surface area contributed by atoms with Crippen LogP contribution >= 0.6 is 15.9 Å². The van der Waals surface area contributed by atoms with Gasteiger partial charge in [-0.1, -0.05) is 26.8 Å². The third-order valence-electron chi connectivity index (χ3n) is 2.27. The van der Waals surface area contributed by atoms with E-state index in [4.69, 9.17) is 4.43 Å². The van der Waals surface area contributed by atoms with Crippen LogP contribution in [0.15, 0.2) is 22.9 Å². The molecule has 2 nitrogen and oxygen atoms in total. The van der Waals surface area contributed by atoms with Crippen LogP contribution in [-0.2, 0) is 10.0 Å². The molecule has 0 aromatic carbocycles. The molecule has 1 heterocycles. The Morgan fingerprint density at radius 2 is 1.88 bits per heavy atom. The van der Waals surface area contributed by atoms with Gasteiger partial charge in [0, 0.05) is 11.8 Å². The van der Waals surface area contributed by atoms with Crippen molar-refractivity contribution in [3.63, 3.8) is 0 Å². The van der Waals surface area contributed by atoms with Crippen molar-refractivity contribution in [3.8, 4) is 0 Å². The van der Waals surface area contributed by atoms with E-state index >= 15 is 0 Å². The molecule has 0 atom stereocenters. The van der Waals surface area contributed by atoms with E-state index in [-0.39, 0.29) is 5.60 Å². The van der Waals surface area contributed by atoms with E-state index in [0.29, 0.717) is 5.04 Å². The Balaban J connectivity index is 2.82. The summed E-state index contributed by atoms with van der Waals surface area (Å²) in [4.78, 5) is 4.24. The fourth-order valence-corrected chi connectivity index (χ4v) is 2.99. The number of hydrogen-bond donors (Lipinski definition) is 0. The van der Waals surface area contributed by atoms with Crippen LogP contribution in [0.25, 0.3) is 0 Å². The highest BCUT2D eigenvalue weighted by Gasteiger charge is 2.26. The van der Waals surface area contributed by atoms with Crippen LogP contribution in [0.2, 0.25) is 5.04 Å². The first-order valence-electron chi connectivity index (χ1n) is 5.47. The van der Waals surface area contributed by atoms with E-state index in [0.717, 1.165) is 10.2 Å². The molecule has 0 unspecified atom stereocenters. The van der Waals surface area contributed by atoms with Gasteiger partial charge < -0.3 is 4.43 Å². The lowest BCUT2D eigenvalue weighted by atomic mass is 10.0. The molecule has 1 aromatic heterocycles. The van der Waals surface area contributed by atoms with E-state index < -0.39 is 9.76 Å². The quantitative estimate of drug-likeness (QED) is 0.630. The Hall–Kier alpha value is -0.193. The molecule has 90 valence electrons. The fourth-order valence-electron chi connectivity index (χ4n) is 1.31. The SMILES string of the molecule is CC(C)(C)[SiH2]OC(C)(C)c1cccnc1Br. The molecule has 0 saturated heterocycles. The second-order valence-electron chi connectivity index (χ2n) is 5.70. The van der Waals surface area contributed by atoms with Crippen LogP contribution in [0.3, 0.4) is 0 Å². The minimum Gasteiger partial charge on any atom is -0.414 e. The van der Waals surface area contributed by atoms with E-state index in [1.165, 1.54) is 0 Å². The van der Waals surface area contributed by atoms with Crippen LogP contribution in [0.4, 0.5) is 0 Å².